The van der Waals surface area contributed by atoms with Crippen molar-refractivity contribution in [1.29, 1.82) is 0 Å². The Morgan fingerprint density at radius 2 is 1.89 bits per heavy atom. The molecule has 0 aliphatic carbocycles. The van der Waals surface area contributed by atoms with Crippen LogP contribution < -0.4 is 15.4 Å². The molecular formula is C27H29N5O5. The molecule has 2 amide bonds. The number of carboxylic acid groups (broad SMARTS) is 1. The number of anilines is 3. The number of amides is 2. The number of aromatic nitrogens is 2. The molecule has 3 N–H and O–H groups in total. The van der Waals surface area contributed by atoms with Crippen LogP contribution in [0, 0.1) is 6.92 Å². The van der Waals surface area contributed by atoms with Crippen LogP contribution >= 0.6 is 0 Å². The van der Waals surface area contributed by atoms with Gasteiger partial charge in [0.1, 0.15) is 6.54 Å². The van der Waals surface area contributed by atoms with Gasteiger partial charge in [-0.2, -0.15) is 4.98 Å². The molecular weight excluding hydrogens is 474 g/mol. The summed E-state index contributed by atoms with van der Waals surface area (Å²) in [5, 5.41) is 9.28. The van der Waals surface area contributed by atoms with Crippen LogP contribution in [0.3, 0.4) is 0 Å². The maximum absolute atomic E-state index is 13.6. The van der Waals surface area contributed by atoms with Crippen molar-refractivity contribution in [2.75, 3.05) is 23.8 Å². The second-order valence-corrected chi connectivity index (χ2v) is 8.95. The molecule has 0 saturated carbocycles. The minimum absolute atomic E-state index is 0.151. The van der Waals surface area contributed by atoms with Crippen LogP contribution in [-0.4, -0.2) is 57.0 Å². The summed E-state index contributed by atoms with van der Waals surface area (Å²) in [6, 6.07) is 15.6. The second kappa shape index (κ2) is 11.1. The molecule has 0 bridgehead atoms. The molecule has 2 aromatic carbocycles. The molecule has 0 spiro atoms. The van der Waals surface area contributed by atoms with Gasteiger partial charge in [-0.05, 0) is 56.5 Å². The number of aryl methyl sites for hydroxylation is 2. The SMILES string of the molecule is Cc1cc(OCCCc2ccc3c(c2)C(=O)N(C(C)CC(=O)O)CC(=O)N3c2ccccc2)nc(N)n1. The largest absolute Gasteiger partial charge is 0.481 e. The summed E-state index contributed by atoms with van der Waals surface area (Å²) in [5.74, 6) is -1.16. The average molecular weight is 504 g/mol. The first kappa shape index (κ1) is 25.6. The van der Waals surface area contributed by atoms with E-state index in [2.05, 4.69) is 9.97 Å². The Labute approximate surface area is 214 Å². The normalized spacial score (nSPS) is 14.2. The van der Waals surface area contributed by atoms with Crippen molar-refractivity contribution in [3.05, 3.63) is 71.4 Å². The molecule has 1 aliphatic heterocycles. The summed E-state index contributed by atoms with van der Waals surface area (Å²) in [7, 11) is 0. The van der Waals surface area contributed by atoms with Crippen molar-refractivity contribution in [1.82, 2.24) is 14.9 Å². The molecule has 3 aromatic rings. The van der Waals surface area contributed by atoms with Gasteiger partial charge in [-0.25, -0.2) is 4.98 Å². The summed E-state index contributed by atoms with van der Waals surface area (Å²) in [6.45, 7) is 3.61. The molecule has 0 fully saturated rings. The van der Waals surface area contributed by atoms with Crippen LogP contribution in [0.5, 0.6) is 5.88 Å². The third-order valence-corrected chi connectivity index (χ3v) is 6.07. The highest BCUT2D eigenvalue weighted by atomic mass is 16.5. The molecule has 1 aromatic heterocycles. The fourth-order valence-corrected chi connectivity index (χ4v) is 4.35. The Morgan fingerprint density at radius 3 is 2.59 bits per heavy atom. The lowest BCUT2D eigenvalue weighted by atomic mass is 10.0. The van der Waals surface area contributed by atoms with Gasteiger partial charge in [-0.1, -0.05) is 24.3 Å². The number of hydrogen-bond donors (Lipinski definition) is 2. The van der Waals surface area contributed by atoms with E-state index in [0.717, 1.165) is 5.56 Å². The van der Waals surface area contributed by atoms with Crippen molar-refractivity contribution in [2.45, 2.75) is 39.2 Å². The number of nitrogens with two attached hydrogens (primary N) is 1. The predicted octanol–water partition coefficient (Wildman–Crippen LogP) is 3.36. The molecule has 0 saturated heterocycles. The highest BCUT2D eigenvalue weighted by Crippen LogP contribution is 2.34. The van der Waals surface area contributed by atoms with E-state index in [-0.39, 0.29) is 30.7 Å². The fourth-order valence-electron chi connectivity index (χ4n) is 4.35. The lowest BCUT2D eigenvalue weighted by Gasteiger charge is -2.26. The maximum Gasteiger partial charge on any atom is 0.305 e. The van der Waals surface area contributed by atoms with Gasteiger partial charge in [0.25, 0.3) is 11.8 Å². The van der Waals surface area contributed by atoms with Crippen molar-refractivity contribution in [3.63, 3.8) is 0 Å². The van der Waals surface area contributed by atoms with Crippen LogP contribution in [-0.2, 0) is 16.0 Å². The lowest BCUT2D eigenvalue weighted by molar-refractivity contribution is -0.138. The zero-order chi connectivity index (χ0) is 26.5. The Balaban J connectivity index is 1.59. The highest BCUT2D eigenvalue weighted by Gasteiger charge is 2.35. The van der Waals surface area contributed by atoms with E-state index in [9.17, 15) is 19.5 Å². The smallest absolute Gasteiger partial charge is 0.305 e. The Hall–Kier alpha value is -4.47. The number of hydrogen-bond acceptors (Lipinski definition) is 7. The summed E-state index contributed by atoms with van der Waals surface area (Å²) >= 11 is 0. The fraction of sp³-hybridized carbons (Fsp3) is 0.296. The Morgan fingerprint density at radius 1 is 1.14 bits per heavy atom. The third-order valence-electron chi connectivity index (χ3n) is 6.07. The van der Waals surface area contributed by atoms with Gasteiger partial charge in [0, 0.05) is 23.5 Å². The molecule has 10 heteroatoms. The van der Waals surface area contributed by atoms with Gasteiger partial charge >= 0.3 is 5.97 Å². The van der Waals surface area contributed by atoms with Gasteiger partial charge in [0.05, 0.1) is 24.3 Å². The summed E-state index contributed by atoms with van der Waals surface area (Å²) in [4.78, 5) is 49.3. The van der Waals surface area contributed by atoms with Crippen molar-refractivity contribution in [3.8, 4) is 5.88 Å². The van der Waals surface area contributed by atoms with Crippen LogP contribution in [0.1, 0.15) is 41.4 Å². The van der Waals surface area contributed by atoms with Crippen LogP contribution in [0.15, 0.2) is 54.6 Å². The predicted molar refractivity (Wildman–Crippen MR) is 138 cm³/mol. The van der Waals surface area contributed by atoms with Gasteiger partial charge in [0.2, 0.25) is 11.8 Å². The molecule has 4 rings (SSSR count). The third kappa shape index (κ3) is 6.03. The van der Waals surface area contributed by atoms with E-state index in [1.54, 1.807) is 37.3 Å². The maximum atomic E-state index is 13.6. The molecule has 1 atom stereocenters. The number of nitrogen functional groups attached to an aromatic ring is 1. The van der Waals surface area contributed by atoms with Crippen LogP contribution in [0.25, 0.3) is 0 Å². The standard InChI is InChI=1S/C27H29N5O5/c1-17-13-23(30-27(28)29-17)37-12-6-7-19-10-11-22-21(15-19)26(36)31(18(2)14-25(34)35)16-24(33)32(22)20-8-4-3-5-9-20/h3-5,8-11,13,15,18H,6-7,12,14,16H2,1-2H3,(H,34,35)(H2,28,29,30). The van der Waals surface area contributed by atoms with E-state index in [1.165, 1.54) is 9.80 Å². The molecule has 1 aliphatic rings. The van der Waals surface area contributed by atoms with Gasteiger partial charge < -0.3 is 20.5 Å². The summed E-state index contributed by atoms with van der Waals surface area (Å²) < 4.78 is 5.70. The number of aliphatic carboxylic acids is 1. The number of para-hydroxylation sites is 1. The first-order chi connectivity index (χ1) is 17.7. The van der Waals surface area contributed by atoms with E-state index >= 15 is 0 Å². The highest BCUT2D eigenvalue weighted by molar-refractivity contribution is 6.13. The monoisotopic (exact) mass is 503 g/mol. The first-order valence-corrected chi connectivity index (χ1v) is 12.0. The van der Waals surface area contributed by atoms with Gasteiger partial charge in [-0.3, -0.25) is 19.3 Å². The Bertz CT molecular complexity index is 1290. The number of fused-ring (bicyclic) bond motifs is 1. The van der Waals surface area contributed by atoms with Crippen molar-refractivity contribution >= 4 is 35.1 Å². The van der Waals surface area contributed by atoms with E-state index in [1.807, 2.05) is 31.2 Å². The zero-order valence-electron chi connectivity index (χ0n) is 20.8. The quantitative estimate of drug-likeness (QED) is 0.424. The molecule has 192 valence electrons. The van der Waals surface area contributed by atoms with Gasteiger partial charge in [0.15, 0.2) is 0 Å². The summed E-state index contributed by atoms with van der Waals surface area (Å²) in [6.07, 6.45) is 1.00. The molecule has 2 heterocycles. The number of carbonyl (C=O) groups is 3. The molecule has 0 radical (unpaired) electrons. The number of rotatable bonds is 9. The number of carbonyl (C=O) groups excluding carboxylic acids is 2. The van der Waals surface area contributed by atoms with Crippen LogP contribution in [0.4, 0.5) is 17.3 Å². The molecule has 1 unspecified atom stereocenters. The molecule has 10 nitrogen and oxygen atoms in total. The minimum atomic E-state index is -1.04. The van der Waals surface area contributed by atoms with E-state index < -0.39 is 12.0 Å². The number of benzene rings is 2. The minimum Gasteiger partial charge on any atom is -0.481 e. The first-order valence-electron chi connectivity index (χ1n) is 12.0. The van der Waals surface area contributed by atoms with Crippen molar-refractivity contribution < 1.29 is 24.2 Å². The number of nitrogens with zero attached hydrogens (tertiary/aromatic N) is 4. The van der Waals surface area contributed by atoms with Crippen LogP contribution in [0.2, 0.25) is 0 Å². The average Bonchev–Trinajstić information content (AvgIpc) is 2.95. The summed E-state index contributed by atoms with van der Waals surface area (Å²) in [5.41, 5.74) is 8.73. The zero-order valence-corrected chi connectivity index (χ0v) is 20.8. The van der Waals surface area contributed by atoms with Gasteiger partial charge in [-0.15, -0.1) is 0 Å². The second-order valence-electron chi connectivity index (χ2n) is 8.95. The Kier molecular flexibility index (Phi) is 7.66. The number of ether oxygens (including phenoxy) is 1. The van der Waals surface area contributed by atoms with E-state index in [0.29, 0.717) is 48.0 Å². The number of carboxylic acids is 1. The lowest BCUT2D eigenvalue weighted by Crippen LogP contribution is -2.43. The van der Waals surface area contributed by atoms with E-state index in [4.69, 9.17) is 10.5 Å². The molecule has 37 heavy (non-hydrogen) atoms. The van der Waals surface area contributed by atoms with Crippen molar-refractivity contribution in [2.24, 2.45) is 0 Å². The topological polar surface area (TPSA) is 139 Å².